The molecule has 1 atom stereocenters. The first kappa shape index (κ1) is 21.5. The van der Waals surface area contributed by atoms with Crippen molar-refractivity contribution in [1.29, 1.82) is 0 Å². The smallest absolute Gasteiger partial charge is 0.468 e. The maximum atomic E-state index is 13.1. The minimum atomic E-state index is -4.88. The molecule has 6 nitrogen and oxygen atoms in total. The molecule has 0 aliphatic heterocycles. The number of hydrogen-bond acceptors (Lipinski definition) is 5. The molecule has 0 aromatic heterocycles. The number of para-hydroxylation sites is 1. The van der Waals surface area contributed by atoms with Crippen LogP contribution in [0, 0.1) is 6.92 Å². The highest BCUT2D eigenvalue weighted by molar-refractivity contribution is 7.94. The van der Waals surface area contributed by atoms with Crippen molar-refractivity contribution in [1.82, 2.24) is 0 Å². The van der Waals surface area contributed by atoms with Crippen LogP contribution in [0.2, 0.25) is 0 Å². The van der Waals surface area contributed by atoms with Gasteiger partial charge < -0.3 is 9.47 Å². The van der Waals surface area contributed by atoms with Gasteiger partial charge in [0.1, 0.15) is 5.75 Å². The summed E-state index contributed by atoms with van der Waals surface area (Å²) in [6.07, 6.45) is -4.88. The number of benzene rings is 2. The number of halogens is 3. The summed E-state index contributed by atoms with van der Waals surface area (Å²) >= 11 is 0. The zero-order chi connectivity index (χ0) is 21.1. The van der Waals surface area contributed by atoms with Crippen molar-refractivity contribution < 1.29 is 35.9 Å². The molecule has 0 aliphatic rings. The van der Waals surface area contributed by atoms with Crippen LogP contribution in [-0.2, 0) is 19.6 Å². The number of esters is 1. The summed E-state index contributed by atoms with van der Waals surface area (Å²) < 4.78 is 72.9. The molecule has 0 saturated carbocycles. The molecule has 2 rings (SSSR count). The summed E-state index contributed by atoms with van der Waals surface area (Å²) in [5.41, 5.74) is 0.494. The maximum absolute atomic E-state index is 13.1. The van der Waals surface area contributed by atoms with Crippen LogP contribution in [0.1, 0.15) is 12.5 Å². The van der Waals surface area contributed by atoms with Crippen LogP contribution >= 0.6 is 0 Å². The number of aryl methyl sites for hydroxylation is 1. The lowest BCUT2D eigenvalue weighted by Crippen LogP contribution is -2.39. The summed E-state index contributed by atoms with van der Waals surface area (Å²) in [4.78, 5) is 11.8. The van der Waals surface area contributed by atoms with Crippen molar-refractivity contribution >= 4 is 27.4 Å². The van der Waals surface area contributed by atoms with E-state index in [9.17, 15) is 26.4 Å². The van der Waals surface area contributed by atoms with Gasteiger partial charge in [-0.25, -0.2) is 12.7 Å². The summed E-state index contributed by atoms with van der Waals surface area (Å²) in [7, 11) is -3.23. The Kier molecular flexibility index (Phi) is 6.23. The zero-order valence-corrected chi connectivity index (χ0v) is 16.0. The van der Waals surface area contributed by atoms with E-state index in [1.165, 1.54) is 32.0 Å². The summed E-state index contributed by atoms with van der Waals surface area (Å²) in [6, 6.07) is 11.1. The van der Waals surface area contributed by atoms with Gasteiger partial charge in [0.15, 0.2) is 5.25 Å². The molecule has 0 fully saturated rings. The Morgan fingerprint density at radius 3 is 2.21 bits per heavy atom. The van der Waals surface area contributed by atoms with E-state index < -0.39 is 33.4 Å². The SMILES string of the molecule is COC(=O)C(C)S(=O)(=O)N(c1ccccc1)c1ccc(OC(F)(F)F)cc1C. The lowest BCUT2D eigenvalue weighted by molar-refractivity contribution is -0.274. The molecule has 2 aromatic carbocycles. The van der Waals surface area contributed by atoms with Gasteiger partial charge in [0.05, 0.1) is 18.5 Å². The van der Waals surface area contributed by atoms with E-state index in [2.05, 4.69) is 9.47 Å². The van der Waals surface area contributed by atoms with Gasteiger partial charge in [-0.05, 0) is 49.7 Å². The minimum Gasteiger partial charge on any atom is -0.468 e. The summed E-state index contributed by atoms with van der Waals surface area (Å²) in [6.45, 7) is 2.61. The first-order valence-corrected chi connectivity index (χ1v) is 9.51. The molecule has 0 N–H and O–H groups in total. The number of anilines is 2. The highest BCUT2D eigenvalue weighted by Crippen LogP contribution is 2.36. The second-order valence-corrected chi connectivity index (χ2v) is 7.91. The average molecular weight is 417 g/mol. The Morgan fingerprint density at radius 1 is 1.11 bits per heavy atom. The van der Waals surface area contributed by atoms with Gasteiger partial charge in [0.25, 0.3) is 10.0 Å². The highest BCUT2D eigenvalue weighted by atomic mass is 32.2. The Morgan fingerprint density at radius 2 is 1.71 bits per heavy atom. The van der Waals surface area contributed by atoms with Crippen LogP contribution in [0.15, 0.2) is 48.5 Å². The number of nitrogens with zero attached hydrogens (tertiary/aromatic N) is 1. The number of ether oxygens (including phenoxy) is 2. The van der Waals surface area contributed by atoms with Crippen LogP contribution in [0.25, 0.3) is 0 Å². The fourth-order valence-electron chi connectivity index (χ4n) is 2.49. The van der Waals surface area contributed by atoms with Crippen molar-refractivity contribution in [3.05, 3.63) is 54.1 Å². The quantitative estimate of drug-likeness (QED) is 0.666. The molecule has 0 heterocycles. The molecule has 2 aromatic rings. The van der Waals surface area contributed by atoms with Gasteiger partial charge in [0.2, 0.25) is 0 Å². The molecule has 0 bridgehead atoms. The van der Waals surface area contributed by atoms with Crippen LogP contribution in [0.5, 0.6) is 5.75 Å². The van der Waals surface area contributed by atoms with Gasteiger partial charge in [0, 0.05) is 0 Å². The fourth-order valence-corrected chi connectivity index (χ4v) is 4.04. The van der Waals surface area contributed by atoms with Crippen molar-refractivity contribution in [2.24, 2.45) is 0 Å². The van der Waals surface area contributed by atoms with E-state index in [4.69, 9.17) is 0 Å². The fraction of sp³-hybridized carbons (Fsp3) is 0.278. The predicted molar refractivity (Wildman–Crippen MR) is 96.8 cm³/mol. The molecule has 0 aliphatic carbocycles. The Bertz CT molecular complexity index is 945. The van der Waals surface area contributed by atoms with Crippen LogP contribution in [-0.4, -0.2) is 33.1 Å². The van der Waals surface area contributed by atoms with Gasteiger partial charge in [-0.2, -0.15) is 0 Å². The highest BCUT2D eigenvalue weighted by Gasteiger charge is 2.37. The predicted octanol–water partition coefficient (Wildman–Crippen LogP) is 3.92. The van der Waals surface area contributed by atoms with Gasteiger partial charge in [-0.1, -0.05) is 18.2 Å². The first-order chi connectivity index (χ1) is 13.0. The first-order valence-electron chi connectivity index (χ1n) is 8.01. The van der Waals surface area contributed by atoms with Gasteiger partial charge >= 0.3 is 12.3 Å². The van der Waals surface area contributed by atoms with E-state index >= 15 is 0 Å². The van der Waals surface area contributed by atoms with E-state index in [-0.39, 0.29) is 16.9 Å². The zero-order valence-electron chi connectivity index (χ0n) is 15.2. The monoisotopic (exact) mass is 417 g/mol. The number of methoxy groups -OCH3 is 1. The van der Waals surface area contributed by atoms with Crippen molar-refractivity contribution in [2.45, 2.75) is 25.5 Å². The van der Waals surface area contributed by atoms with E-state index in [1.807, 2.05) is 0 Å². The second kappa shape index (κ2) is 8.09. The third kappa shape index (κ3) is 4.75. The molecule has 0 spiro atoms. The average Bonchev–Trinajstić information content (AvgIpc) is 2.62. The molecule has 0 saturated heterocycles. The maximum Gasteiger partial charge on any atom is 0.573 e. The topological polar surface area (TPSA) is 72.9 Å². The molecule has 152 valence electrons. The van der Waals surface area contributed by atoms with Crippen LogP contribution in [0.3, 0.4) is 0 Å². The third-order valence-corrected chi connectivity index (χ3v) is 5.85. The Labute approximate surface area is 160 Å². The van der Waals surface area contributed by atoms with E-state index in [0.29, 0.717) is 0 Å². The van der Waals surface area contributed by atoms with Crippen molar-refractivity contribution in [3.63, 3.8) is 0 Å². The van der Waals surface area contributed by atoms with Crippen molar-refractivity contribution in [3.8, 4) is 5.75 Å². The summed E-state index contributed by atoms with van der Waals surface area (Å²) in [5, 5.41) is -1.54. The minimum absolute atomic E-state index is 0.0801. The van der Waals surface area contributed by atoms with Crippen LogP contribution in [0.4, 0.5) is 24.5 Å². The number of carbonyl (C=O) groups excluding carboxylic acids is 1. The number of alkyl halides is 3. The van der Waals surface area contributed by atoms with Gasteiger partial charge in [-0.3, -0.25) is 4.79 Å². The van der Waals surface area contributed by atoms with Gasteiger partial charge in [-0.15, -0.1) is 13.2 Å². The van der Waals surface area contributed by atoms with Crippen LogP contribution < -0.4 is 9.04 Å². The third-order valence-electron chi connectivity index (χ3n) is 3.85. The molecule has 1 unspecified atom stereocenters. The molecule has 0 amide bonds. The standard InChI is InChI=1S/C18H18F3NO5S/c1-12-11-15(27-18(19,20)21)9-10-16(12)22(14-7-5-4-6-8-14)28(24,25)13(2)17(23)26-3/h4-11,13H,1-3H3. The molecular formula is C18H18F3NO5S. The molecular weight excluding hydrogens is 399 g/mol. The number of sulfonamides is 1. The second-order valence-electron chi connectivity index (χ2n) is 5.81. The normalized spacial score (nSPS) is 12.9. The lowest BCUT2D eigenvalue weighted by Gasteiger charge is -2.28. The number of carbonyl (C=O) groups is 1. The molecule has 10 heteroatoms. The summed E-state index contributed by atoms with van der Waals surface area (Å²) in [5.74, 6) is -1.45. The molecule has 0 radical (unpaired) electrons. The Hall–Kier alpha value is -2.75. The van der Waals surface area contributed by atoms with E-state index in [1.54, 1.807) is 18.2 Å². The van der Waals surface area contributed by atoms with E-state index in [0.717, 1.165) is 23.5 Å². The number of rotatable bonds is 6. The largest absolute Gasteiger partial charge is 0.573 e. The lowest BCUT2D eigenvalue weighted by atomic mass is 10.2. The Balaban J connectivity index is 2.60. The molecule has 28 heavy (non-hydrogen) atoms. The van der Waals surface area contributed by atoms with Crippen molar-refractivity contribution in [2.75, 3.05) is 11.4 Å². The number of hydrogen-bond donors (Lipinski definition) is 0.